The fourth-order valence-electron chi connectivity index (χ4n) is 1.49. The van der Waals surface area contributed by atoms with Crippen LogP contribution in [0.1, 0.15) is 12.5 Å². The van der Waals surface area contributed by atoms with E-state index in [1.807, 2.05) is 5.32 Å². The van der Waals surface area contributed by atoms with Gasteiger partial charge in [-0.15, -0.1) is 13.2 Å². The number of carbonyl (C=O) groups is 3. The molecule has 0 aliphatic rings. The van der Waals surface area contributed by atoms with E-state index in [0.29, 0.717) is 5.56 Å². The van der Waals surface area contributed by atoms with Gasteiger partial charge in [-0.3, -0.25) is 10.1 Å². The molecule has 2 N–H and O–H groups in total. The Morgan fingerprint density at radius 1 is 1.16 bits per heavy atom. The summed E-state index contributed by atoms with van der Waals surface area (Å²) in [6.45, 7) is 1.27. The van der Waals surface area contributed by atoms with Crippen molar-refractivity contribution in [2.75, 3.05) is 7.05 Å². The number of carbonyl (C=O) groups excluding carboxylic acids is 3. The first-order chi connectivity index (χ1) is 11.6. The monoisotopic (exact) mass is 360 g/mol. The highest BCUT2D eigenvalue weighted by molar-refractivity contribution is 5.97. The van der Waals surface area contributed by atoms with Crippen LogP contribution in [0.3, 0.4) is 0 Å². The molecule has 10 heteroatoms. The number of halogens is 3. The van der Waals surface area contributed by atoms with Gasteiger partial charge in [-0.25, -0.2) is 9.59 Å². The predicted octanol–water partition coefficient (Wildman–Crippen LogP) is 1.99. The third kappa shape index (κ3) is 7.86. The summed E-state index contributed by atoms with van der Waals surface area (Å²) < 4.78 is 44.6. The van der Waals surface area contributed by atoms with Crippen LogP contribution < -0.4 is 15.4 Å². The zero-order valence-electron chi connectivity index (χ0n) is 13.2. The Morgan fingerprint density at radius 2 is 1.76 bits per heavy atom. The Bertz CT molecular complexity index is 656. The van der Waals surface area contributed by atoms with Crippen molar-refractivity contribution in [3.8, 4) is 5.75 Å². The molecule has 0 heterocycles. The lowest BCUT2D eigenvalue weighted by atomic mass is 10.2. The van der Waals surface area contributed by atoms with Crippen molar-refractivity contribution < 1.29 is 37.0 Å². The molecule has 3 amide bonds. The lowest BCUT2D eigenvalue weighted by molar-refractivity contribution is -0.274. The Kier molecular flexibility index (Phi) is 6.97. The third-order valence-corrected chi connectivity index (χ3v) is 2.65. The number of alkyl halides is 3. The van der Waals surface area contributed by atoms with Gasteiger partial charge in [0.05, 0.1) is 0 Å². The molecule has 0 spiro atoms. The minimum absolute atomic E-state index is 0.397. The normalized spacial score (nSPS) is 12.4. The van der Waals surface area contributed by atoms with Gasteiger partial charge in [-0.1, -0.05) is 12.1 Å². The summed E-state index contributed by atoms with van der Waals surface area (Å²) in [4.78, 5) is 34.0. The van der Waals surface area contributed by atoms with Gasteiger partial charge in [0.1, 0.15) is 5.75 Å². The molecule has 0 saturated carbocycles. The molecule has 1 atom stereocenters. The van der Waals surface area contributed by atoms with E-state index in [1.165, 1.54) is 32.2 Å². The van der Waals surface area contributed by atoms with Crippen LogP contribution in [0.2, 0.25) is 0 Å². The SMILES string of the molecule is CNC(=O)NC(=O)[C@H](C)OC(=O)/C=C/c1ccc(OC(F)(F)F)cc1. The zero-order chi connectivity index (χ0) is 19.0. The first-order valence-corrected chi connectivity index (χ1v) is 6.88. The first-order valence-electron chi connectivity index (χ1n) is 6.88. The number of urea groups is 1. The first kappa shape index (κ1) is 20.0. The lowest BCUT2D eigenvalue weighted by Crippen LogP contribution is -2.43. The van der Waals surface area contributed by atoms with E-state index >= 15 is 0 Å². The molecule has 0 aromatic heterocycles. The van der Waals surface area contributed by atoms with Crippen LogP contribution in [0.5, 0.6) is 5.75 Å². The zero-order valence-corrected chi connectivity index (χ0v) is 13.2. The second-order valence-electron chi connectivity index (χ2n) is 4.60. The van der Waals surface area contributed by atoms with Crippen molar-refractivity contribution in [2.24, 2.45) is 0 Å². The van der Waals surface area contributed by atoms with E-state index in [0.717, 1.165) is 18.2 Å². The fourth-order valence-corrected chi connectivity index (χ4v) is 1.49. The fraction of sp³-hybridized carbons (Fsp3) is 0.267. The largest absolute Gasteiger partial charge is 0.573 e. The van der Waals surface area contributed by atoms with Gasteiger partial charge in [0.2, 0.25) is 0 Å². The van der Waals surface area contributed by atoms with Crippen LogP contribution in [0.25, 0.3) is 6.08 Å². The molecule has 25 heavy (non-hydrogen) atoms. The lowest BCUT2D eigenvalue weighted by Gasteiger charge is -2.11. The summed E-state index contributed by atoms with van der Waals surface area (Å²) >= 11 is 0. The topological polar surface area (TPSA) is 93.7 Å². The Hall–Kier alpha value is -3.04. The standard InChI is InChI=1S/C15H15F3N2O5/c1-9(13(22)20-14(23)19-2)24-12(21)8-5-10-3-6-11(7-4-10)25-15(16,17)18/h3-9H,1-2H3,(H2,19,20,22,23)/b8-5+/t9-/m0/s1. The molecule has 7 nitrogen and oxygen atoms in total. The number of ether oxygens (including phenoxy) is 2. The van der Waals surface area contributed by atoms with Crippen LogP contribution in [-0.2, 0) is 14.3 Å². The molecule has 0 radical (unpaired) electrons. The van der Waals surface area contributed by atoms with E-state index in [-0.39, 0.29) is 0 Å². The Labute approximate surface area is 140 Å². The van der Waals surface area contributed by atoms with Crippen LogP contribution in [0, 0.1) is 0 Å². The summed E-state index contributed by atoms with van der Waals surface area (Å²) in [7, 11) is 1.31. The summed E-state index contributed by atoms with van der Waals surface area (Å²) in [6.07, 6.45) is -3.73. The van der Waals surface area contributed by atoms with Gasteiger partial charge in [-0.2, -0.15) is 0 Å². The van der Waals surface area contributed by atoms with E-state index < -0.39 is 36.1 Å². The minimum atomic E-state index is -4.79. The molecule has 136 valence electrons. The van der Waals surface area contributed by atoms with Crippen LogP contribution in [0.4, 0.5) is 18.0 Å². The summed E-state index contributed by atoms with van der Waals surface area (Å²) in [5, 5.41) is 4.10. The van der Waals surface area contributed by atoms with E-state index in [4.69, 9.17) is 4.74 Å². The van der Waals surface area contributed by atoms with Gasteiger partial charge < -0.3 is 14.8 Å². The summed E-state index contributed by atoms with van der Waals surface area (Å²) in [5.74, 6) is -2.07. The molecule has 0 aliphatic carbocycles. The highest BCUT2D eigenvalue weighted by Gasteiger charge is 2.30. The van der Waals surface area contributed by atoms with Gasteiger partial charge in [0, 0.05) is 13.1 Å². The van der Waals surface area contributed by atoms with Gasteiger partial charge >= 0.3 is 18.4 Å². The Balaban J connectivity index is 2.56. The second-order valence-corrected chi connectivity index (χ2v) is 4.60. The van der Waals surface area contributed by atoms with Crippen molar-refractivity contribution in [1.29, 1.82) is 0 Å². The van der Waals surface area contributed by atoms with E-state index in [9.17, 15) is 27.6 Å². The quantitative estimate of drug-likeness (QED) is 0.619. The minimum Gasteiger partial charge on any atom is -0.449 e. The number of nitrogens with one attached hydrogen (secondary N) is 2. The number of hydrogen-bond donors (Lipinski definition) is 2. The number of benzene rings is 1. The van der Waals surface area contributed by atoms with Crippen molar-refractivity contribution in [2.45, 2.75) is 19.4 Å². The molecule has 0 bridgehead atoms. The molecule has 1 aromatic carbocycles. The predicted molar refractivity (Wildman–Crippen MR) is 80.3 cm³/mol. The van der Waals surface area contributed by atoms with Crippen LogP contribution >= 0.6 is 0 Å². The number of imide groups is 1. The van der Waals surface area contributed by atoms with Gasteiger partial charge in [0.15, 0.2) is 6.10 Å². The van der Waals surface area contributed by atoms with Gasteiger partial charge in [0.25, 0.3) is 5.91 Å². The third-order valence-electron chi connectivity index (χ3n) is 2.65. The number of esters is 1. The van der Waals surface area contributed by atoms with Crippen molar-refractivity contribution >= 4 is 24.0 Å². The molecule has 1 rings (SSSR count). The maximum Gasteiger partial charge on any atom is 0.573 e. The van der Waals surface area contributed by atoms with Crippen molar-refractivity contribution in [3.05, 3.63) is 35.9 Å². The molecule has 0 unspecified atom stereocenters. The number of rotatable bonds is 5. The van der Waals surface area contributed by atoms with E-state index in [1.54, 1.807) is 0 Å². The average Bonchev–Trinajstić information content (AvgIpc) is 2.52. The molecule has 0 aliphatic heterocycles. The molecular weight excluding hydrogens is 345 g/mol. The van der Waals surface area contributed by atoms with Gasteiger partial charge in [-0.05, 0) is 30.7 Å². The van der Waals surface area contributed by atoms with Crippen LogP contribution in [-0.4, -0.2) is 37.4 Å². The molecule has 1 aromatic rings. The van der Waals surface area contributed by atoms with Crippen molar-refractivity contribution in [1.82, 2.24) is 10.6 Å². The smallest absolute Gasteiger partial charge is 0.449 e. The molecular formula is C15H15F3N2O5. The van der Waals surface area contributed by atoms with Crippen molar-refractivity contribution in [3.63, 3.8) is 0 Å². The Morgan fingerprint density at radius 3 is 2.28 bits per heavy atom. The average molecular weight is 360 g/mol. The highest BCUT2D eigenvalue weighted by Crippen LogP contribution is 2.22. The summed E-state index contributed by atoms with van der Waals surface area (Å²) in [6, 6.07) is 4.01. The maximum absolute atomic E-state index is 12.0. The highest BCUT2D eigenvalue weighted by atomic mass is 19.4. The summed E-state index contributed by atoms with van der Waals surface area (Å²) in [5.41, 5.74) is 0.411. The van der Waals surface area contributed by atoms with E-state index in [2.05, 4.69) is 10.1 Å². The number of amides is 3. The molecule has 0 fully saturated rings. The van der Waals surface area contributed by atoms with Crippen LogP contribution in [0.15, 0.2) is 30.3 Å². The number of hydrogen-bond acceptors (Lipinski definition) is 5. The maximum atomic E-state index is 12.0. The second kappa shape index (κ2) is 8.71. The molecule has 0 saturated heterocycles.